The molecule has 3 aliphatic carbocycles. The van der Waals surface area contributed by atoms with Crippen molar-refractivity contribution in [1.29, 1.82) is 0 Å². The topological polar surface area (TPSA) is 146 Å². The molecule has 5 atom stereocenters. The molecule has 6 rings (SSSR count). The summed E-state index contributed by atoms with van der Waals surface area (Å²) < 4.78 is 1.84. The van der Waals surface area contributed by atoms with Crippen LogP contribution in [0.2, 0.25) is 0 Å². The Hall–Kier alpha value is -2.95. The third kappa shape index (κ3) is 5.42. The van der Waals surface area contributed by atoms with Gasteiger partial charge in [-0.3, -0.25) is 23.9 Å². The minimum absolute atomic E-state index is 0.00348. The number of aromatic nitrogens is 2. The lowest BCUT2D eigenvalue weighted by atomic mass is 9.83. The van der Waals surface area contributed by atoms with Gasteiger partial charge in [-0.15, -0.1) is 0 Å². The van der Waals surface area contributed by atoms with Crippen LogP contribution in [0.4, 0.5) is 0 Å². The second kappa shape index (κ2) is 10.2. The maximum absolute atomic E-state index is 13.9. The van der Waals surface area contributed by atoms with Gasteiger partial charge in [0.15, 0.2) is 6.10 Å². The zero-order chi connectivity index (χ0) is 27.3. The first kappa shape index (κ1) is 26.3. The van der Waals surface area contributed by atoms with Crippen LogP contribution in [0.25, 0.3) is 0 Å². The normalized spacial score (nSPS) is 28.8. The number of rotatable bonds is 8. The van der Waals surface area contributed by atoms with E-state index in [9.17, 15) is 24.3 Å². The molecule has 4 fully saturated rings. The lowest BCUT2D eigenvalue weighted by molar-refractivity contribution is -0.148. The molecule has 1 spiro atoms. The molecule has 1 aromatic heterocycles. The molecule has 3 unspecified atom stereocenters. The molecule has 11 heteroatoms. The van der Waals surface area contributed by atoms with Gasteiger partial charge in [-0.1, -0.05) is 0 Å². The fraction of sp³-hybridized carbons (Fsp3) is 0.750. The Bertz CT molecular complexity index is 1160. The van der Waals surface area contributed by atoms with E-state index in [0.717, 1.165) is 50.6 Å². The lowest BCUT2D eigenvalue weighted by Crippen LogP contribution is -2.60. The Morgan fingerprint density at radius 3 is 2.69 bits per heavy atom. The number of amides is 4. The fourth-order valence-corrected chi connectivity index (χ4v) is 6.77. The molecule has 39 heavy (non-hydrogen) atoms. The molecule has 4 amide bonds. The van der Waals surface area contributed by atoms with Gasteiger partial charge in [0.05, 0.1) is 12.2 Å². The van der Waals surface area contributed by atoms with E-state index in [-0.39, 0.29) is 47.4 Å². The summed E-state index contributed by atoms with van der Waals surface area (Å²) in [5.74, 6) is -1.57. The van der Waals surface area contributed by atoms with Crippen LogP contribution in [-0.4, -0.2) is 80.7 Å². The molecule has 0 bridgehead atoms. The Kier molecular flexibility index (Phi) is 6.89. The van der Waals surface area contributed by atoms with Gasteiger partial charge < -0.3 is 26.0 Å². The lowest BCUT2D eigenvalue weighted by Gasteiger charge is -2.41. The van der Waals surface area contributed by atoms with Crippen LogP contribution in [0.1, 0.15) is 69.0 Å². The average molecular weight is 541 g/mol. The molecule has 3 heterocycles. The van der Waals surface area contributed by atoms with Crippen molar-refractivity contribution < 1.29 is 24.3 Å². The highest BCUT2D eigenvalue weighted by atomic mass is 16.3. The van der Waals surface area contributed by atoms with Gasteiger partial charge in [0, 0.05) is 50.1 Å². The summed E-state index contributed by atoms with van der Waals surface area (Å²) >= 11 is 0. The monoisotopic (exact) mass is 540 g/mol. The number of piperidine rings is 1. The molecule has 11 nitrogen and oxygen atoms in total. The number of aliphatic hydroxyl groups excluding tert-OH is 1. The number of carbonyl (C=O) groups is 4. The highest BCUT2D eigenvalue weighted by Crippen LogP contribution is 2.55. The summed E-state index contributed by atoms with van der Waals surface area (Å²) in [4.78, 5) is 54.6. The Balaban J connectivity index is 1.19. The van der Waals surface area contributed by atoms with E-state index in [0.29, 0.717) is 32.4 Å². The van der Waals surface area contributed by atoms with E-state index < -0.39 is 24.1 Å². The van der Waals surface area contributed by atoms with Crippen molar-refractivity contribution in [2.75, 3.05) is 13.1 Å². The van der Waals surface area contributed by atoms with Crippen LogP contribution in [0, 0.1) is 17.3 Å². The summed E-state index contributed by atoms with van der Waals surface area (Å²) in [6.07, 6.45) is 8.66. The molecule has 0 radical (unpaired) electrons. The van der Waals surface area contributed by atoms with Crippen LogP contribution in [0.15, 0.2) is 6.20 Å². The van der Waals surface area contributed by atoms with E-state index in [1.54, 1.807) is 4.90 Å². The van der Waals surface area contributed by atoms with E-state index in [2.05, 4.69) is 21.0 Å². The minimum Gasteiger partial charge on any atom is -0.381 e. The first-order chi connectivity index (χ1) is 18.7. The van der Waals surface area contributed by atoms with Gasteiger partial charge >= 0.3 is 0 Å². The number of likely N-dealkylation sites (tertiary alicyclic amines) is 1. The Morgan fingerprint density at radius 2 is 2.00 bits per heavy atom. The van der Waals surface area contributed by atoms with Crippen LogP contribution in [0.5, 0.6) is 0 Å². The van der Waals surface area contributed by atoms with Gasteiger partial charge in [0.25, 0.3) is 5.91 Å². The van der Waals surface area contributed by atoms with Gasteiger partial charge in [0.1, 0.15) is 6.04 Å². The Morgan fingerprint density at radius 1 is 1.21 bits per heavy atom. The van der Waals surface area contributed by atoms with E-state index in [4.69, 9.17) is 0 Å². The number of nitrogens with zero attached hydrogens (tertiary/aromatic N) is 3. The van der Waals surface area contributed by atoms with Gasteiger partial charge in [-0.05, 0) is 75.2 Å². The largest absolute Gasteiger partial charge is 0.381 e. The first-order valence-electron chi connectivity index (χ1n) is 14.6. The molecular weight excluding hydrogens is 500 g/mol. The van der Waals surface area contributed by atoms with Crippen molar-refractivity contribution in [2.45, 2.75) is 94.9 Å². The van der Waals surface area contributed by atoms with Crippen LogP contribution in [-0.2, 0) is 39.1 Å². The number of hydrogen-bond donors (Lipinski definition) is 4. The maximum atomic E-state index is 13.9. The van der Waals surface area contributed by atoms with Crippen LogP contribution in [0.3, 0.4) is 0 Å². The van der Waals surface area contributed by atoms with E-state index in [1.165, 1.54) is 5.56 Å². The zero-order valence-corrected chi connectivity index (χ0v) is 22.7. The number of aryl methyl sites for hydroxylation is 2. The van der Waals surface area contributed by atoms with Crippen molar-refractivity contribution in [3.63, 3.8) is 0 Å². The predicted molar refractivity (Wildman–Crippen MR) is 140 cm³/mol. The summed E-state index contributed by atoms with van der Waals surface area (Å²) in [5, 5.41) is 23.9. The number of aliphatic hydroxyl groups is 1. The molecule has 2 aliphatic heterocycles. The standard InChI is InChI=1S/C28H40N6O5/c1-33-21-13-17(2-3-18(21)15-30-33)27(39)34-11-9-28(7-8-28)14-22(34)25(37)32-20(12-16-6-10-29-24(16)36)23(35)26(38)31-19-4-5-19/h15-17,19-20,22-23,35H,2-14H2,1H3,(H,29,36)(H,31,38)(H,32,37)/t16-,17?,20?,22-,23?/m0/s1. The molecule has 212 valence electrons. The van der Waals surface area contributed by atoms with Crippen molar-refractivity contribution in [2.24, 2.45) is 24.3 Å². The molecule has 1 aromatic rings. The van der Waals surface area contributed by atoms with Crippen molar-refractivity contribution in [3.05, 3.63) is 17.5 Å². The number of nitrogens with one attached hydrogen (secondary N) is 3. The zero-order valence-electron chi connectivity index (χ0n) is 22.7. The molecule has 2 saturated carbocycles. The van der Waals surface area contributed by atoms with Gasteiger partial charge in [-0.2, -0.15) is 5.10 Å². The third-order valence-corrected chi connectivity index (χ3v) is 9.73. The highest BCUT2D eigenvalue weighted by Gasteiger charge is 2.52. The van der Waals surface area contributed by atoms with Crippen molar-refractivity contribution in [1.82, 2.24) is 30.6 Å². The summed E-state index contributed by atoms with van der Waals surface area (Å²) in [7, 11) is 1.90. The van der Waals surface area contributed by atoms with Gasteiger partial charge in [-0.25, -0.2) is 0 Å². The van der Waals surface area contributed by atoms with Crippen LogP contribution < -0.4 is 16.0 Å². The Labute approximate surface area is 228 Å². The first-order valence-corrected chi connectivity index (χ1v) is 14.6. The van der Waals surface area contributed by atoms with Crippen LogP contribution >= 0.6 is 0 Å². The van der Waals surface area contributed by atoms with Crippen molar-refractivity contribution in [3.8, 4) is 0 Å². The SMILES string of the molecule is Cn1ncc2c1CC(C(=O)N1CCC3(CC3)C[C@H]1C(=O)NC(C[C@@H]1CCNC1=O)C(O)C(=O)NC1CC1)CC2. The molecule has 2 saturated heterocycles. The second-order valence-corrected chi connectivity index (χ2v) is 12.5. The number of fused-ring (bicyclic) bond motifs is 1. The predicted octanol–water partition coefficient (Wildman–Crippen LogP) is -0.0533. The maximum Gasteiger partial charge on any atom is 0.251 e. The molecular formula is C28H40N6O5. The quantitative estimate of drug-likeness (QED) is 0.364. The second-order valence-electron chi connectivity index (χ2n) is 12.5. The van der Waals surface area contributed by atoms with Crippen molar-refractivity contribution >= 4 is 23.6 Å². The highest BCUT2D eigenvalue weighted by molar-refractivity contribution is 5.90. The number of carbonyl (C=O) groups excluding carboxylic acids is 4. The summed E-state index contributed by atoms with van der Waals surface area (Å²) in [5.41, 5.74) is 2.36. The fourth-order valence-electron chi connectivity index (χ4n) is 6.77. The number of hydrogen-bond acceptors (Lipinski definition) is 6. The molecule has 4 N–H and O–H groups in total. The summed E-state index contributed by atoms with van der Waals surface area (Å²) in [6, 6.07) is -1.50. The molecule has 5 aliphatic rings. The smallest absolute Gasteiger partial charge is 0.251 e. The van der Waals surface area contributed by atoms with Gasteiger partial charge in [0.2, 0.25) is 17.7 Å². The van der Waals surface area contributed by atoms with E-state index in [1.807, 2.05) is 17.9 Å². The summed E-state index contributed by atoms with van der Waals surface area (Å²) in [6.45, 7) is 1.08. The average Bonchev–Trinajstić information content (AvgIpc) is 3.83. The molecule has 0 aromatic carbocycles. The van der Waals surface area contributed by atoms with E-state index >= 15 is 0 Å². The third-order valence-electron chi connectivity index (χ3n) is 9.73. The minimum atomic E-state index is -1.47.